The monoisotopic (exact) mass is 213 g/mol. The lowest BCUT2D eigenvalue weighted by atomic mass is 10.0. The Hall–Kier alpha value is -0.860. The topological polar surface area (TPSA) is 46.2 Å². The van der Waals surface area contributed by atoms with E-state index < -0.39 is 0 Å². The molecule has 3 nitrogen and oxygen atoms in total. The van der Waals surface area contributed by atoms with Gasteiger partial charge >= 0.3 is 0 Å². The molecular weight excluding hydrogens is 190 g/mol. The first-order valence-electron chi connectivity index (χ1n) is 5.82. The van der Waals surface area contributed by atoms with Crippen LogP contribution in [0.4, 0.5) is 0 Å². The third-order valence-corrected chi connectivity index (χ3v) is 2.35. The number of amides is 1. The summed E-state index contributed by atoms with van der Waals surface area (Å²) < 4.78 is 0. The molecule has 0 radical (unpaired) electrons. The number of unbranched alkanes of at least 4 members (excludes halogenated alkanes) is 3. The van der Waals surface area contributed by atoms with Gasteiger partial charge in [0.15, 0.2) is 0 Å². The summed E-state index contributed by atoms with van der Waals surface area (Å²) in [4.78, 5) is 21.9. The first kappa shape index (κ1) is 14.1. The van der Waals surface area contributed by atoms with Crippen molar-refractivity contribution in [1.29, 1.82) is 0 Å². The molecule has 0 saturated heterocycles. The SMILES string of the molecule is CCCCCC[C@H](CC(C)=O)NC(C)=O. The number of carbonyl (C=O) groups is 2. The predicted octanol–water partition coefficient (Wildman–Crippen LogP) is 2.44. The lowest BCUT2D eigenvalue weighted by molar-refractivity contribution is -0.120. The van der Waals surface area contributed by atoms with Gasteiger partial charge in [-0.15, -0.1) is 0 Å². The molecular formula is C12H23NO2. The predicted molar refractivity (Wildman–Crippen MR) is 61.7 cm³/mol. The number of carbonyl (C=O) groups excluding carboxylic acids is 2. The van der Waals surface area contributed by atoms with Gasteiger partial charge in [0.05, 0.1) is 0 Å². The van der Waals surface area contributed by atoms with Crippen LogP contribution in [-0.2, 0) is 9.59 Å². The highest BCUT2D eigenvalue weighted by molar-refractivity contribution is 5.78. The van der Waals surface area contributed by atoms with E-state index in [0.717, 1.165) is 12.8 Å². The van der Waals surface area contributed by atoms with Crippen molar-refractivity contribution in [2.24, 2.45) is 0 Å². The van der Waals surface area contributed by atoms with Crippen LogP contribution in [0, 0.1) is 0 Å². The van der Waals surface area contributed by atoms with Gasteiger partial charge in [-0.05, 0) is 13.3 Å². The van der Waals surface area contributed by atoms with Gasteiger partial charge in [0, 0.05) is 19.4 Å². The van der Waals surface area contributed by atoms with Gasteiger partial charge in [0.1, 0.15) is 5.78 Å². The summed E-state index contributed by atoms with van der Waals surface area (Å²) >= 11 is 0. The minimum Gasteiger partial charge on any atom is -0.353 e. The highest BCUT2D eigenvalue weighted by Gasteiger charge is 2.11. The summed E-state index contributed by atoms with van der Waals surface area (Å²) in [5.41, 5.74) is 0. The number of rotatable bonds is 8. The molecule has 0 aliphatic heterocycles. The van der Waals surface area contributed by atoms with Crippen molar-refractivity contribution in [3.8, 4) is 0 Å². The van der Waals surface area contributed by atoms with E-state index in [0.29, 0.717) is 6.42 Å². The summed E-state index contributed by atoms with van der Waals surface area (Å²) in [6.07, 6.45) is 6.09. The molecule has 88 valence electrons. The van der Waals surface area contributed by atoms with Gasteiger partial charge in [-0.25, -0.2) is 0 Å². The van der Waals surface area contributed by atoms with Crippen molar-refractivity contribution >= 4 is 11.7 Å². The fourth-order valence-electron chi connectivity index (χ4n) is 1.68. The van der Waals surface area contributed by atoms with Gasteiger partial charge in [0.25, 0.3) is 0 Å². The number of hydrogen-bond donors (Lipinski definition) is 1. The molecule has 1 atom stereocenters. The Bertz CT molecular complexity index is 186. The average Bonchev–Trinajstić information content (AvgIpc) is 2.10. The Balaban J connectivity index is 3.79. The first-order chi connectivity index (χ1) is 7.06. The number of hydrogen-bond acceptors (Lipinski definition) is 2. The van der Waals surface area contributed by atoms with E-state index in [1.165, 1.54) is 26.2 Å². The Morgan fingerprint density at radius 2 is 1.80 bits per heavy atom. The molecule has 0 aromatic heterocycles. The smallest absolute Gasteiger partial charge is 0.217 e. The van der Waals surface area contributed by atoms with E-state index in [1.807, 2.05) is 0 Å². The first-order valence-corrected chi connectivity index (χ1v) is 5.82. The molecule has 1 amide bonds. The molecule has 0 aliphatic carbocycles. The minimum atomic E-state index is -0.0447. The highest BCUT2D eigenvalue weighted by Crippen LogP contribution is 2.08. The molecule has 0 spiro atoms. The Morgan fingerprint density at radius 1 is 1.13 bits per heavy atom. The van der Waals surface area contributed by atoms with E-state index in [9.17, 15) is 9.59 Å². The maximum Gasteiger partial charge on any atom is 0.217 e. The summed E-state index contributed by atoms with van der Waals surface area (Å²) in [6, 6.07) is 0.0388. The van der Waals surface area contributed by atoms with Crippen molar-refractivity contribution in [1.82, 2.24) is 5.32 Å². The van der Waals surface area contributed by atoms with Gasteiger partial charge in [-0.1, -0.05) is 32.6 Å². The van der Waals surface area contributed by atoms with Crippen molar-refractivity contribution in [3.63, 3.8) is 0 Å². The molecule has 0 fully saturated rings. The van der Waals surface area contributed by atoms with Crippen molar-refractivity contribution in [2.45, 2.75) is 65.3 Å². The maximum atomic E-state index is 11.0. The van der Waals surface area contributed by atoms with Crippen LogP contribution in [-0.4, -0.2) is 17.7 Å². The zero-order chi connectivity index (χ0) is 11.7. The van der Waals surface area contributed by atoms with E-state index >= 15 is 0 Å². The second-order valence-electron chi connectivity index (χ2n) is 4.15. The normalized spacial score (nSPS) is 12.2. The van der Waals surface area contributed by atoms with Crippen LogP contribution in [0.5, 0.6) is 0 Å². The van der Waals surface area contributed by atoms with Crippen LogP contribution in [0.25, 0.3) is 0 Å². The summed E-state index contributed by atoms with van der Waals surface area (Å²) in [5.74, 6) is 0.0981. The molecule has 3 heteroatoms. The standard InChI is InChI=1S/C12H23NO2/c1-4-5-6-7-8-12(9-10(2)14)13-11(3)15/h12H,4-9H2,1-3H3,(H,13,15)/t12-/m1/s1. The molecule has 0 bridgehead atoms. The highest BCUT2D eigenvalue weighted by atomic mass is 16.1. The zero-order valence-electron chi connectivity index (χ0n) is 10.1. The van der Waals surface area contributed by atoms with Crippen molar-refractivity contribution in [2.75, 3.05) is 0 Å². The van der Waals surface area contributed by atoms with Crippen LogP contribution in [0.2, 0.25) is 0 Å². The van der Waals surface area contributed by atoms with Crippen LogP contribution in [0.3, 0.4) is 0 Å². The number of ketones is 1. The third kappa shape index (κ3) is 9.44. The molecule has 0 unspecified atom stereocenters. The van der Waals surface area contributed by atoms with Gasteiger partial charge in [0.2, 0.25) is 5.91 Å². The zero-order valence-corrected chi connectivity index (χ0v) is 10.1. The van der Waals surface area contributed by atoms with E-state index in [1.54, 1.807) is 6.92 Å². The Kier molecular flexibility index (Phi) is 7.96. The third-order valence-electron chi connectivity index (χ3n) is 2.35. The second-order valence-corrected chi connectivity index (χ2v) is 4.15. The molecule has 0 aliphatic rings. The summed E-state index contributed by atoms with van der Waals surface area (Å²) in [6.45, 7) is 5.24. The summed E-state index contributed by atoms with van der Waals surface area (Å²) in [5, 5.41) is 2.83. The van der Waals surface area contributed by atoms with Gasteiger partial charge < -0.3 is 5.32 Å². The maximum absolute atomic E-state index is 11.0. The molecule has 0 aromatic rings. The van der Waals surface area contributed by atoms with E-state index in [4.69, 9.17) is 0 Å². The van der Waals surface area contributed by atoms with Gasteiger partial charge in [-0.2, -0.15) is 0 Å². The quantitative estimate of drug-likeness (QED) is 0.629. The van der Waals surface area contributed by atoms with E-state index in [-0.39, 0.29) is 17.7 Å². The molecule has 0 heterocycles. The molecule has 0 saturated carbocycles. The lowest BCUT2D eigenvalue weighted by Crippen LogP contribution is -2.34. The van der Waals surface area contributed by atoms with Crippen LogP contribution < -0.4 is 5.32 Å². The van der Waals surface area contributed by atoms with Crippen LogP contribution in [0.1, 0.15) is 59.3 Å². The number of Topliss-reactive ketones (excluding diaryl/α,β-unsaturated/α-hetero) is 1. The van der Waals surface area contributed by atoms with Crippen molar-refractivity contribution in [3.05, 3.63) is 0 Å². The van der Waals surface area contributed by atoms with Crippen LogP contribution in [0.15, 0.2) is 0 Å². The molecule has 15 heavy (non-hydrogen) atoms. The molecule has 0 rings (SSSR count). The van der Waals surface area contributed by atoms with Crippen LogP contribution >= 0.6 is 0 Å². The minimum absolute atomic E-state index is 0.0388. The summed E-state index contributed by atoms with van der Waals surface area (Å²) in [7, 11) is 0. The van der Waals surface area contributed by atoms with Crippen molar-refractivity contribution < 1.29 is 9.59 Å². The fraction of sp³-hybridized carbons (Fsp3) is 0.833. The Labute approximate surface area is 92.6 Å². The van der Waals surface area contributed by atoms with E-state index in [2.05, 4.69) is 12.2 Å². The fourth-order valence-corrected chi connectivity index (χ4v) is 1.68. The Morgan fingerprint density at radius 3 is 2.27 bits per heavy atom. The lowest BCUT2D eigenvalue weighted by Gasteiger charge is -2.16. The molecule has 1 N–H and O–H groups in total. The number of nitrogens with one attached hydrogen (secondary N) is 1. The average molecular weight is 213 g/mol. The molecule has 0 aromatic carbocycles. The largest absolute Gasteiger partial charge is 0.353 e. The van der Waals surface area contributed by atoms with Gasteiger partial charge in [-0.3, -0.25) is 9.59 Å². The second kappa shape index (κ2) is 8.45.